The third-order valence-electron chi connectivity index (χ3n) is 3.56. The summed E-state index contributed by atoms with van der Waals surface area (Å²) >= 11 is 0. The predicted octanol–water partition coefficient (Wildman–Crippen LogP) is 4.60. The molecule has 0 fully saturated rings. The zero-order chi connectivity index (χ0) is 22.3. The summed E-state index contributed by atoms with van der Waals surface area (Å²) in [6.07, 6.45) is 1.28. The van der Waals surface area contributed by atoms with E-state index in [-0.39, 0.29) is 34.1 Å². The molecule has 4 N–H and O–H groups in total. The van der Waals surface area contributed by atoms with Gasteiger partial charge in [-0.2, -0.15) is 4.99 Å². The molecule has 0 aliphatic rings. The lowest BCUT2D eigenvalue weighted by Gasteiger charge is -2.40. The SMILES string of the molecule is Cc1cc(Oc2ccc(S(F)(F)(F)(F)F)cc2)c(S(C)=O)cc1C(=O)N=C(N)N. The molecule has 1 amide bonds. The summed E-state index contributed by atoms with van der Waals surface area (Å²) in [5, 5.41) is 0. The number of benzene rings is 2. The Kier molecular flexibility index (Phi) is 5.22. The molecule has 13 heteroatoms. The zero-order valence-corrected chi connectivity index (χ0v) is 16.6. The number of ether oxygens (including phenoxy) is 1. The molecule has 0 aliphatic heterocycles. The number of hydrogen-bond donors (Lipinski definition) is 2. The summed E-state index contributed by atoms with van der Waals surface area (Å²) in [7, 11) is -11.5. The summed E-state index contributed by atoms with van der Waals surface area (Å²) in [5.41, 5.74) is 10.7. The second-order valence-electron chi connectivity index (χ2n) is 5.95. The zero-order valence-electron chi connectivity index (χ0n) is 15.0. The Morgan fingerprint density at radius 2 is 1.62 bits per heavy atom. The quantitative estimate of drug-likeness (QED) is 0.388. The molecule has 0 aliphatic carbocycles. The molecule has 2 aromatic rings. The molecule has 0 saturated carbocycles. The molecule has 0 heterocycles. The molecule has 1 atom stereocenters. The topological polar surface area (TPSA) is 108 Å². The van der Waals surface area contributed by atoms with Gasteiger partial charge in [-0.3, -0.25) is 9.00 Å². The van der Waals surface area contributed by atoms with Crippen molar-refractivity contribution < 1.29 is 33.2 Å². The van der Waals surface area contributed by atoms with Gasteiger partial charge in [0.1, 0.15) is 16.4 Å². The standard InChI is InChI=1S/C16H16F5N3O3S2/c1-9-7-13(14(28(2)26)8-12(9)15(25)24-16(22)23)27-10-3-5-11(6-4-10)29(17,18,19,20)21/h3-8H,1-2H3,(H4,22,23,24,25). The lowest BCUT2D eigenvalue weighted by atomic mass is 10.1. The summed E-state index contributed by atoms with van der Waals surface area (Å²) in [5.74, 6) is -1.51. The summed E-state index contributed by atoms with van der Waals surface area (Å²) < 4.78 is 81.4. The highest BCUT2D eigenvalue weighted by molar-refractivity contribution is 8.45. The lowest BCUT2D eigenvalue weighted by molar-refractivity contribution is 0.100. The average molecular weight is 457 g/mol. The molecule has 1 unspecified atom stereocenters. The first-order valence-corrected chi connectivity index (χ1v) is 11.1. The van der Waals surface area contributed by atoms with Crippen LogP contribution in [0.1, 0.15) is 15.9 Å². The van der Waals surface area contributed by atoms with E-state index in [0.29, 0.717) is 17.7 Å². The van der Waals surface area contributed by atoms with Crippen LogP contribution in [-0.2, 0) is 10.8 Å². The van der Waals surface area contributed by atoms with Gasteiger partial charge in [0.2, 0.25) is 0 Å². The predicted molar refractivity (Wildman–Crippen MR) is 102 cm³/mol. The maximum Gasteiger partial charge on any atom is 0.310 e. The van der Waals surface area contributed by atoms with Crippen molar-refractivity contribution >= 4 is 32.9 Å². The van der Waals surface area contributed by atoms with Gasteiger partial charge in [0, 0.05) is 11.8 Å². The molecular weight excluding hydrogens is 441 g/mol. The van der Waals surface area contributed by atoms with E-state index in [1.54, 1.807) is 0 Å². The number of carbonyl (C=O) groups excluding carboxylic acids is 1. The minimum Gasteiger partial charge on any atom is -0.456 e. The first kappa shape index (κ1) is 22.6. The highest BCUT2D eigenvalue weighted by Gasteiger charge is 2.65. The molecule has 0 spiro atoms. The summed E-state index contributed by atoms with van der Waals surface area (Å²) in [4.78, 5) is 13.4. The molecule has 2 aromatic carbocycles. The van der Waals surface area contributed by atoms with Crippen LogP contribution in [0.4, 0.5) is 19.4 Å². The van der Waals surface area contributed by atoms with E-state index in [9.17, 15) is 28.4 Å². The van der Waals surface area contributed by atoms with E-state index in [1.807, 2.05) is 0 Å². The van der Waals surface area contributed by atoms with Crippen molar-refractivity contribution in [1.82, 2.24) is 0 Å². The third kappa shape index (κ3) is 5.67. The van der Waals surface area contributed by atoms with Crippen LogP contribution in [0, 0.1) is 6.92 Å². The van der Waals surface area contributed by atoms with E-state index < -0.39 is 37.8 Å². The van der Waals surface area contributed by atoms with Gasteiger partial charge in [0.15, 0.2) is 5.96 Å². The molecule has 0 radical (unpaired) electrons. The van der Waals surface area contributed by atoms with Crippen LogP contribution >= 0.6 is 10.2 Å². The fourth-order valence-corrected chi connectivity index (χ4v) is 3.58. The van der Waals surface area contributed by atoms with Crippen LogP contribution in [-0.4, -0.2) is 22.3 Å². The number of rotatable bonds is 5. The fraction of sp³-hybridized carbons (Fsp3) is 0.125. The Morgan fingerprint density at radius 1 is 1.07 bits per heavy atom. The van der Waals surface area contributed by atoms with Crippen molar-refractivity contribution in [2.75, 3.05) is 6.26 Å². The fourth-order valence-electron chi connectivity index (χ4n) is 2.27. The van der Waals surface area contributed by atoms with Crippen LogP contribution in [0.25, 0.3) is 0 Å². The Morgan fingerprint density at radius 3 is 2.07 bits per heavy atom. The van der Waals surface area contributed by atoms with Crippen LogP contribution in [0.15, 0.2) is 51.2 Å². The largest absolute Gasteiger partial charge is 0.456 e. The monoisotopic (exact) mass is 457 g/mol. The molecule has 0 bridgehead atoms. The highest BCUT2D eigenvalue weighted by Crippen LogP contribution is 3.02. The van der Waals surface area contributed by atoms with Gasteiger partial charge in [0.05, 0.1) is 15.7 Å². The van der Waals surface area contributed by atoms with Crippen LogP contribution < -0.4 is 16.2 Å². The number of amides is 1. The van der Waals surface area contributed by atoms with Gasteiger partial charge in [-0.15, -0.1) is 0 Å². The molecule has 0 aromatic heterocycles. The number of nitrogens with two attached hydrogens (primary N) is 2. The lowest BCUT2D eigenvalue weighted by Crippen LogP contribution is -2.24. The third-order valence-corrected chi connectivity index (χ3v) is 5.66. The van der Waals surface area contributed by atoms with Crippen LogP contribution in [0.5, 0.6) is 11.5 Å². The Hall–Kier alpha value is -2.67. The molecule has 2 rings (SSSR count). The minimum atomic E-state index is -9.80. The number of carbonyl (C=O) groups is 1. The van der Waals surface area contributed by atoms with Crippen molar-refractivity contribution in [2.24, 2.45) is 16.5 Å². The highest BCUT2D eigenvalue weighted by atomic mass is 32.5. The second-order valence-corrected chi connectivity index (χ2v) is 9.71. The van der Waals surface area contributed by atoms with E-state index >= 15 is 0 Å². The van der Waals surface area contributed by atoms with Crippen molar-refractivity contribution in [3.8, 4) is 11.5 Å². The number of aryl methyl sites for hydroxylation is 1. The minimum absolute atomic E-state index is 0.0292. The molecular formula is C16H16F5N3O3S2. The number of nitrogens with zero attached hydrogens (tertiary/aromatic N) is 1. The average Bonchev–Trinajstić information content (AvgIpc) is 2.52. The van der Waals surface area contributed by atoms with Gasteiger partial charge in [0.25, 0.3) is 5.91 Å². The Balaban J connectivity index is 2.46. The Labute approximate surface area is 164 Å². The summed E-state index contributed by atoms with van der Waals surface area (Å²) in [6, 6.07) is 4.35. The van der Waals surface area contributed by atoms with Gasteiger partial charge < -0.3 is 16.2 Å². The summed E-state index contributed by atoms with van der Waals surface area (Å²) in [6.45, 7) is 1.50. The second kappa shape index (κ2) is 6.69. The number of hydrogen-bond acceptors (Lipinski definition) is 3. The molecule has 6 nitrogen and oxygen atoms in total. The van der Waals surface area contributed by atoms with E-state index in [2.05, 4.69) is 4.99 Å². The van der Waals surface area contributed by atoms with Crippen molar-refractivity contribution in [1.29, 1.82) is 0 Å². The van der Waals surface area contributed by atoms with Crippen LogP contribution in [0.2, 0.25) is 0 Å². The van der Waals surface area contributed by atoms with Crippen molar-refractivity contribution in [3.05, 3.63) is 47.5 Å². The maximum atomic E-state index is 12.8. The molecule has 160 valence electrons. The number of halogens is 5. The number of aliphatic imine (C=N–C) groups is 1. The van der Waals surface area contributed by atoms with Crippen molar-refractivity contribution in [3.63, 3.8) is 0 Å². The van der Waals surface area contributed by atoms with Gasteiger partial charge >= 0.3 is 10.2 Å². The first-order chi connectivity index (χ1) is 13.0. The molecule has 0 saturated heterocycles. The van der Waals surface area contributed by atoms with Crippen LogP contribution in [0.3, 0.4) is 0 Å². The van der Waals surface area contributed by atoms with E-state index in [0.717, 1.165) is 0 Å². The van der Waals surface area contributed by atoms with Gasteiger partial charge in [-0.25, -0.2) is 0 Å². The Bertz CT molecular complexity index is 1040. The first-order valence-electron chi connectivity index (χ1n) is 7.62. The van der Waals surface area contributed by atoms with Gasteiger partial charge in [-0.1, -0.05) is 19.4 Å². The normalized spacial score (nSPS) is 15.0. The molecule has 29 heavy (non-hydrogen) atoms. The van der Waals surface area contributed by atoms with E-state index in [1.165, 1.54) is 25.3 Å². The number of guanidine groups is 1. The smallest absolute Gasteiger partial charge is 0.310 e. The van der Waals surface area contributed by atoms with E-state index in [4.69, 9.17) is 16.2 Å². The maximum absolute atomic E-state index is 12.8. The van der Waals surface area contributed by atoms with Crippen molar-refractivity contribution in [2.45, 2.75) is 16.7 Å². The van der Waals surface area contributed by atoms with Gasteiger partial charge in [-0.05, 0) is 48.9 Å².